The number of hydrogen-bond acceptors (Lipinski definition) is 5. The molecule has 2 amide bonds. The molecule has 2 N–H and O–H groups in total. The second kappa shape index (κ2) is 8.81. The Morgan fingerprint density at radius 1 is 1.36 bits per heavy atom. The zero-order chi connectivity index (χ0) is 18.2. The molecule has 8 heteroatoms. The molecule has 0 aliphatic carbocycles. The first kappa shape index (κ1) is 18.4. The van der Waals surface area contributed by atoms with E-state index in [1.165, 1.54) is 6.92 Å². The van der Waals surface area contributed by atoms with Crippen molar-refractivity contribution in [3.63, 3.8) is 0 Å². The zero-order valence-electron chi connectivity index (χ0n) is 14.7. The number of benzene rings is 1. The molecule has 0 saturated heterocycles. The van der Waals surface area contributed by atoms with Crippen LogP contribution in [0.2, 0.25) is 0 Å². The Hall–Kier alpha value is -2.90. The van der Waals surface area contributed by atoms with E-state index in [0.29, 0.717) is 25.5 Å². The number of rotatable bonds is 8. The fourth-order valence-corrected chi connectivity index (χ4v) is 2.28. The minimum absolute atomic E-state index is 0.0825. The van der Waals surface area contributed by atoms with Crippen molar-refractivity contribution >= 4 is 17.8 Å². The third kappa shape index (κ3) is 5.91. The summed E-state index contributed by atoms with van der Waals surface area (Å²) < 4.78 is 5.69. The molecule has 0 aliphatic heterocycles. The fourth-order valence-electron chi connectivity index (χ4n) is 2.28. The summed E-state index contributed by atoms with van der Waals surface area (Å²) in [7, 11) is 0. The number of H-pyrrole nitrogens is 1. The van der Waals surface area contributed by atoms with Crippen molar-refractivity contribution < 1.29 is 14.3 Å². The number of anilines is 1. The number of hydrogen-bond donors (Lipinski definition) is 2. The van der Waals surface area contributed by atoms with Crippen molar-refractivity contribution in [2.24, 2.45) is 0 Å². The van der Waals surface area contributed by atoms with Gasteiger partial charge in [0.25, 0.3) is 0 Å². The number of aryl methyl sites for hydroxylation is 1. The van der Waals surface area contributed by atoms with Crippen molar-refractivity contribution in [1.29, 1.82) is 0 Å². The van der Waals surface area contributed by atoms with Gasteiger partial charge in [0, 0.05) is 13.5 Å². The Morgan fingerprint density at radius 2 is 2.16 bits per heavy atom. The van der Waals surface area contributed by atoms with Crippen LogP contribution in [0, 0.1) is 6.92 Å². The van der Waals surface area contributed by atoms with Crippen molar-refractivity contribution in [2.75, 3.05) is 25.0 Å². The molecule has 2 rings (SSSR count). The van der Waals surface area contributed by atoms with Crippen LogP contribution in [-0.4, -0.2) is 51.6 Å². The summed E-state index contributed by atoms with van der Waals surface area (Å²) in [4.78, 5) is 29.1. The number of nitrogens with zero attached hydrogens (tertiary/aromatic N) is 3. The first-order valence-corrected chi connectivity index (χ1v) is 8.14. The third-order valence-electron chi connectivity index (χ3n) is 3.49. The van der Waals surface area contributed by atoms with Crippen LogP contribution < -0.4 is 10.1 Å². The second-order valence-electron chi connectivity index (χ2n) is 5.60. The lowest BCUT2D eigenvalue weighted by molar-refractivity contribution is -0.130. The Morgan fingerprint density at radius 3 is 2.84 bits per heavy atom. The van der Waals surface area contributed by atoms with Gasteiger partial charge in [-0.25, -0.2) is 0 Å². The van der Waals surface area contributed by atoms with E-state index in [0.717, 1.165) is 11.3 Å². The molecule has 25 heavy (non-hydrogen) atoms. The highest BCUT2D eigenvalue weighted by atomic mass is 16.5. The van der Waals surface area contributed by atoms with Crippen LogP contribution >= 0.6 is 0 Å². The Kier molecular flexibility index (Phi) is 6.50. The van der Waals surface area contributed by atoms with E-state index in [2.05, 4.69) is 20.5 Å². The van der Waals surface area contributed by atoms with Gasteiger partial charge in [-0.1, -0.05) is 12.1 Å². The Labute approximate surface area is 146 Å². The summed E-state index contributed by atoms with van der Waals surface area (Å²) in [6.07, 6.45) is 0.0882. The summed E-state index contributed by atoms with van der Waals surface area (Å²) in [6, 6.07) is 7.78. The molecule has 0 spiro atoms. The average molecular weight is 345 g/mol. The summed E-state index contributed by atoms with van der Waals surface area (Å²) in [5, 5.41) is 8.96. The summed E-state index contributed by atoms with van der Waals surface area (Å²) in [5.74, 6) is 1.02. The monoisotopic (exact) mass is 345 g/mol. The molecule has 1 aromatic heterocycles. The largest absolute Gasteiger partial charge is 0.492 e. The molecule has 0 fully saturated rings. The topological polar surface area (TPSA) is 100 Å². The second-order valence-corrected chi connectivity index (χ2v) is 5.60. The van der Waals surface area contributed by atoms with Gasteiger partial charge in [0.2, 0.25) is 17.8 Å². The van der Waals surface area contributed by atoms with Crippen molar-refractivity contribution in [2.45, 2.75) is 27.2 Å². The highest BCUT2D eigenvalue weighted by molar-refractivity contribution is 5.86. The van der Waals surface area contributed by atoms with E-state index in [9.17, 15) is 9.59 Å². The summed E-state index contributed by atoms with van der Waals surface area (Å²) in [6.45, 7) is 6.75. The Balaban J connectivity index is 1.83. The maximum atomic E-state index is 12.4. The number of amides is 2. The van der Waals surface area contributed by atoms with E-state index in [1.54, 1.807) is 4.90 Å². The van der Waals surface area contributed by atoms with Crippen LogP contribution in [0.1, 0.15) is 25.2 Å². The maximum absolute atomic E-state index is 12.4. The molecule has 0 atom stereocenters. The summed E-state index contributed by atoms with van der Waals surface area (Å²) in [5.41, 5.74) is 1.13. The van der Waals surface area contributed by atoms with Crippen molar-refractivity contribution in [3.05, 3.63) is 35.7 Å². The van der Waals surface area contributed by atoms with Gasteiger partial charge in [-0.15, -0.1) is 5.10 Å². The predicted octanol–water partition coefficient (Wildman–Crippen LogP) is 1.54. The van der Waals surface area contributed by atoms with Crippen molar-refractivity contribution in [1.82, 2.24) is 20.1 Å². The van der Waals surface area contributed by atoms with Gasteiger partial charge < -0.3 is 9.64 Å². The van der Waals surface area contributed by atoms with Crippen LogP contribution in [-0.2, 0) is 16.0 Å². The third-order valence-corrected chi connectivity index (χ3v) is 3.49. The van der Waals surface area contributed by atoms with Gasteiger partial charge >= 0.3 is 0 Å². The van der Waals surface area contributed by atoms with E-state index >= 15 is 0 Å². The zero-order valence-corrected chi connectivity index (χ0v) is 14.7. The van der Waals surface area contributed by atoms with Crippen LogP contribution in [0.15, 0.2) is 24.3 Å². The lowest BCUT2D eigenvalue weighted by Crippen LogP contribution is -2.35. The van der Waals surface area contributed by atoms with E-state index in [1.807, 2.05) is 38.1 Å². The smallest absolute Gasteiger partial charge is 0.248 e. The highest BCUT2D eigenvalue weighted by Gasteiger charge is 2.15. The number of aromatic nitrogens is 3. The van der Waals surface area contributed by atoms with Gasteiger partial charge in [0.15, 0.2) is 0 Å². The number of carbonyl (C=O) groups is 2. The van der Waals surface area contributed by atoms with Gasteiger partial charge in [-0.05, 0) is 31.5 Å². The fraction of sp³-hybridized carbons (Fsp3) is 0.412. The molecule has 2 aromatic rings. The molecule has 1 heterocycles. The minimum Gasteiger partial charge on any atom is -0.492 e. The van der Waals surface area contributed by atoms with Crippen molar-refractivity contribution in [3.8, 4) is 5.75 Å². The van der Waals surface area contributed by atoms with Crippen LogP contribution in [0.4, 0.5) is 5.95 Å². The number of likely N-dealkylation sites (N-methyl/N-ethyl adjacent to an activating group) is 1. The molecule has 1 aromatic carbocycles. The predicted molar refractivity (Wildman–Crippen MR) is 93.3 cm³/mol. The van der Waals surface area contributed by atoms with Gasteiger partial charge in [0.05, 0.1) is 13.0 Å². The van der Waals surface area contributed by atoms with E-state index < -0.39 is 0 Å². The summed E-state index contributed by atoms with van der Waals surface area (Å²) >= 11 is 0. The SMILES string of the molecule is CCN(CCOc1cccc(C)c1)C(=O)Cc1nc(NC(C)=O)n[nH]1. The van der Waals surface area contributed by atoms with Gasteiger partial charge in [-0.3, -0.25) is 20.0 Å². The molecular formula is C17H23N5O3. The first-order valence-electron chi connectivity index (χ1n) is 8.14. The molecule has 0 unspecified atom stereocenters. The Bertz CT molecular complexity index is 729. The maximum Gasteiger partial charge on any atom is 0.248 e. The molecule has 0 radical (unpaired) electrons. The standard InChI is InChI=1S/C17H23N5O3/c1-4-22(8-9-25-14-7-5-6-12(2)10-14)16(24)11-15-19-17(21-20-15)18-13(3)23/h5-7,10H,4,8-9,11H2,1-3H3,(H2,18,19,20,21,23). The average Bonchev–Trinajstić information content (AvgIpc) is 2.97. The lowest BCUT2D eigenvalue weighted by atomic mass is 10.2. The number of carbonyl (C=O) groups excluding carboxylic acids is 2. The highest BCUT2D eigenvalue weighted by Crippen LogP contribution is 2.12. The van der Waals surface area contributed by atoms with E-state index in [-0.39, 0.29) is 24.2 Å². The molecular weight excluding hydrogens is 322 g/mol. The quantitative estimate of drug-likeness (QED) is 0.756. The molecule has 0 saturated carbocycles. The van der Waals surface area contributed by atoms with Gasteiger partial charge in [-0.2, -0.15) is 4.98 Å². The lowest BCUT2D eigenvalue weighted by Gasteiger charge is -2.20. The van der Waals surface area contributed by atoms with Crippen LogP contribution in [0.5, 0.6) is 5.75 Å². The van der Waals surface area contributed by atoms with Crippen LogP contribution in [0.25, 0.3) is 0 Å². The minimum atomic E-state index is -0.264. The first-order chi connectivity index (χ1) is 12.0. The normalized spacial score (nSPS) is 10.4. The number of ether oxygens (including phenoxy) is 1. The molecule has 134 valence electrons. The van der Waals surface area contributed by atoms with Crippen LogP contribution in [0.3, 0.4) is 0 Å². The van der Waals surface area contributed by atoms with Gasteiger partial charge in [0.1, 0.15) is 18.2 Å². The molecule has 0 bridgehead atoms. The molecule has 8 nitrogen and oxygen atoms in total. The number of nitrogens with one attached hydrogen (secondary N) is 2. The molecule has 0 aliphatic rings. The van der Waals surface area contributed by atoms with E-state index in [4.69, 9.17) is 4.74 Å². The number of aromatic amines is 1.